The molecule has 3 rings (SSSR count). The number of likely N-dealkylation sites (tertiary alicyclic amines) is 1. The predicted molar refractivity (Wildman–Crippen MR) is 98.7 cm³/mol. The number of carbonyl (C=O) groups is 2. The second-order valence-corrected chi connectivity index (χ2v) is 7.26. The molecular formula is C21H20F3NO4. The van der Waals surface area contributed by atoms with Crippen molar-refractivity contribution in [2.24, 2.45) is 0 Å². The van der Waals surface area contributed by atoms with Gasteiger partial charge in [-0.05, 0) is 48.7 Å². The fourth-order valence-electron chi connectivity index (χ4n) is 3.89. The molecule has 29 heavy (non-hydrogen) atoms. The molecule has 154 valence electrons. The normalized spacial score (nSPS) is 21.8. The quantitative estimate of drug-likeness (QED) is 0.737. The molecule has 1 fully saturated rings. The highest BCUT2D eigenvalue weighted by Gasteiger charge is 2.46. The number of alkyl halides is 3. The van der Waals surface area contributed by atoms with Crippen LogP contribution in [-0.2, 0) is 16.5 Å². The van der Waals surface area contributed by atoms with Gasteiger partial charge in [0.1, 0.15) is 0 Å². The van der Waals surface area contributed by atoms with Crippen LogP contribution in [0.15, 0.2) is 48.5 Å². The van der Waals surface area contributed by atoms with E-state index in [1.165, 1.54) is 24.1 Å². The summed E-state index contributed by atoms with van der Waals surface area (Å²) >= 11 is 0. The Morgan fingerprint density at radius 1 is 1.10 bits per heavy atom. The highest BCUT2D eigenvalue weighted by molar-refractivity contribution is 5.89. The summed E-state index contributed by atoms with van der Waals surface area (Å²) in [5.41, 5.74) is 0.0732. The maximum Gasteiger partial charge on any atom is 0.416 e. The van der Waals surface area contributed by atoms with Crippen molar-refractivity contribution in [2.75, 3.05) is 13.7 Å². The van der Waals surface area contributed by atoms with Gasteiger partial charge in [0, 0.05) is 12.5 Å². The van der Waals surface area contributed by atoms with Gasteiger partial charge in [-0.15, -0.1) is 0 Å². The van der Waals surface area contributed by atoms with E-state index in [4.69, 9.17) is 0 Å². The Balaban J connectivity index is 1.90. The topological polar surface area (TPSA) is 66.8 Å². The molecule has 1 N–H and O–H groups in total. The number of hydrogen-bond acceptors (Lipinski definition) is 3. The third-order valence-electron chi connectivity index (χ3n) is 5.51. The average molecular weight is 407 g/mol. The van der Waals surface area contributed by atoms with E-state index in [2.05, 4.69) is 4.74 Å². The molecule has 0 bridgehead atoms. The number of methoxy groups -OCH3 is 1. The predicted octanol–water partition coefficient (Wildman–Crippen LogP) is 4.87. The molecule has 1 saturated heterocycles. The van der Waals surface area contributed by atoms with Gasteiger partial charge in [-0.25, -0.2) is 9.59 Å². The smallest absolute Gasteiger partial charge is 0.416 e. The van der Waals surface area contributed by atoms with Gasteiger partial charge in [-0.3, -0.25) is 4.90 Å². The highest BCUT2D eigenvalue weighted by Crippen LogP contribution is 2.45. The number of carbonyl (C=O) groups excluding carboxylic acids is 1. The van der Waals surface area contributed by atoms with E-state index in [0.717, 1.165) is 12.1 Å². The lowest BCUT2D eigenvalue weighted by atomic mass is 9.84. The summed E-state index contributed by atoms with van der Waals surface area (Å²) in [4.78, 5) is 24.8. The van der Waals surface area contributed by atoms with Crippen molar-refractivity contribution in [3.8, 4) is 0 Å². The third-order valence-corrected chi connectivity index (χ3v) is 5.51. The fraction of sp³-hybridized carbons (Fsp3) is 0.333. The zero-order valence-electron chi connectivity index (χ0n) is 15.9. The number of nitrogens with zero attached hydrogens (tertiary/aromatic N) is 1. The largest absolute Gasteiger partial charge is 0.465 e. The third kappa shape index (κ3) is 3.92. The summed E-state index contributed by atoms with van der Waals surface area (Å²) in [5.74, 6) is -0.746. The molecule has 1 aliphatic rings. The van der Waals surface area contributed by atoms with E-state index in [-0.39, 0.29) is 12.5 Å². The highest BCUT2D eigenvalue weighted by atomic mass is 19.4. The Morgan fingerprint density at radius 3 is 2.17 bits per heavy atom. The van der Waals surface area contributed by atoms with Crippen LogP contribution in [0.2, 0.25) is 0 Å². The van der Waals surface area contributed by atoms with E-state index in [9.17, 15) is 27.9 Å². The van der Waals surface area contributed by atoms with Crippen LogP contribution in [0.25, 0.3) is 0 Å². The van der Waals surface area contributed by atoms with Gasteiger partial charge in [0.15, 0.2) is 0 Å². The Kier molecular flexibility index (Phi) is 5.30. The summed E-state index contributed by atoms with van der Waals surface area (Å²) in [7, 11) is 1.27. The molecule has 5 nitrogen and oxygen atoms in total. The zero-order chi connectivity index (χ0) is 21.4. The Morgan fingerprint density at radius 2 is 1.69 bits per heavy atom. The molecule has 8 heteroatoms. The second kappa shape index (κ2) is 7.42. The Labute approximate surface area is 165 Å². The standard InChI is InChI=1S/C21H20F3NO4/c1-20(16-7-5-14(6-8-16)18(26)29-2)11-15(12-25(20)19(27)28)13-3-9-17(10-4-13)21(22,23)24/h3-10,15H,11-12H2,1-2H3,(H,27,28). The Bertz CT molecular complexity index is 909. The first-order chi connectivity index (χ1) is 13.6. The van der Waals surface area contributed by atoms with E-state index >= 15 is 0 Å². The molecule has 2 atom stereocenters. The number of ether oxygens (including phenoxy) is 1. The maximum absolute atomic E-state index is 12.8. The SMILES string of the molecule is COC(=O)c1ccc(C2(C)CC(c3ccc(C(F)(F)F)cc3)CN2C(=O)O)cc1. The molecule has 1 aliphatic heterocycles. The van der Waals surface area contributed by atoms with Crippen LogP contribution in [0.1, 0.15) is 46.3 Å². The van der Waals surface area contributed by atoms with Crippen LogP contribution >= 0.6 is 0 Å². The van der Waals surface area contributed by atoms with E-state index < -0.39 is 29.3 Å². The monoisotopic (exact) mass is 407 g/mol. The summed E-state index contributed by atoms with van der Waals surface area (Å²) in [6.07, 6.45) is -5.13. The number of carboxylic acid groups (broad SMARTS) is 1. The number of esters is 1. The summed E-state index contributed by atoms with van der Waals surface area (Å²) in [5, 5.41) is 9.71. The number of halogens is 3. The van der Waals surface area contributed by atoms with E-state index in [1.807, 2.05) is 0 Å². The van der Waals surface area contributed by atoms with Gasteiger partial charge < -0.3 is 9.84 Å². The number of amides is 1. The maximum atomic E-state index is 12.8. The van der Waals surface area contributed by atoms with Gasteiger partial charge >= 0.3 is 18.2 Å². The van der Waals surface area contributed by atoms with Crippen LogP contribution in [-0.4, -0.2) is 35.7 Å². The fourth-order valence-corrected chi connectivity index (χ4v) is 3.89. The van der Waals surface area contributed by atoms with Crippen molar-refractivity contribution in [1.82, 2.24) is 4.90 Å². The zero-order valence-corrected chi connectivity index (χ0v) is 15.9. The van der Waals surface area contributed by atoms with Gasteiger partial charge in [0.05, 0.1) is 23.8 Å². The lowest BCUT2D eigenvalue weighted by Gasteiger charge is -2.33. The molecular weight excluding hydrogens is 387 g/mol. The molecule has 1 amide bonds. The first-order valence-corrected chi connectivity index (χ1v) is 8.93. The van der Waals surface area contributed by atoms with Gasteiger partial charge in [0.25, 0.3) is 0 Å². The Hall–Kier alpha value is -3.03. The van der Waals surface area contributed by atoms with Crippen molar-refractivity contribution >= 4 is 12.1 Å². The number of rotatable bonds is 3. The van der Waals surface area contributed by atoms with Crippen molar-refractivity contribution in [3.63, 3.8) is 0 Å². The van der Waals surface area contributed by atoms with Crippen molar-refractivity contribution in [3.05, 3.63) is 70.8 Å². The lowest BCUT2D eigenvalue weighted by Crippen LogP contribution is -2.42. The first-order valence-electron chi connectivity index (χ1n) is 8.93. The molecule has 0 aliphatic carbocycles. The van der Waals surface area contributed by atoms with E-state index in [0.29, 0.717) is 23.1 Å². The number of hydrogen-bond donors (Lipinski definition) is 1. The van der Waals surface area contributed by atoms with Crippen LogP contribution < -0.4 is 0 Å². The number of benzene rings is 2. The van der Waals surface area contributed by atoms with Crippen LogP contribution in [0.5, 0.6) is 0 Å². The second-order valence-electron chi connectivity index (χ2n) is 7.26. The minimum absolute atomic E-state index is 0.163. The van der Waals surface area contributed by atoms with Crippen LogP contribution in [0, 0.1) is 0 Å². The molecule has 0 saturated carbocycles. The molecule has 2 aromatic carbocycles. The van der Waals surface area contributed by atoms with Crippen molar-refractivity contribution in [2.45, 2.75) is 31.0 Å². The first kappa shape index (κ1) is 20.7. The molecule has 0 aromatic heterocycles. The lowest BCUT2D eigenvalue weighted by molar-refractivity contribution is -0.137. The minimum Gasteiger partial charge on any atom is -0.465 e. The summed E-state index contributed by atoms with van der Waals surface area (Å²) in [6.45, 7) is 1.94. The van der Waals surface area contributed by atoms with Gasteiger partial charge in [-0.1, -0.05) is 24.3 Å². The van der Waals surface area contributed by atoms with Crippen LogP contribution in [0.4, 0.5) is 18.0 Å². The molecule has 2 unspecified atom stereocenters. The molecule has 2 aromatic rings. The van der Waals surface area contributed by atoms with Gasteiger partial charge in [0.2, 0.25) is 0 Å². The van der Waals surface area contributed by atoms with Crippen molar-refractivity contribution in [1.29, 1.82) is 0 Å². The summed E-state index contributed by atoms with van der Waals surface area (Å²) in [6, 6.07) is 11.3. The van der Waals surface area contributed by atoms with E-state index in [1.54, 1.807) is 31.2 Å². The van der Waals surface area contributed by atoms with Crippen molar-refractivity contribution < 1.29 is 32.6 Å². The molecule has 1 heterocycles. The summed E-state index contributed by atoms with van der Waals surface area (Å²) < 4.78 is 43.1. The van der Waals surface area contributed by atoms with Gasteiger partial charge in [-0.2, -0.15) is 13.2 Å². The average Bonchev–Trinajstić information content (AvgIpc) is 3.06. The molecule has 0 spiro atoms. The minimum atomic E-state index is -4.42. The van der Waals surface area contributed by atoms with Crippen LogP contribution in [0.3, 0.4) is 0 Å². The molecule has 0 radical (unpaired) electrons.